The summed E-state index contributed by atoms with van der Waals surface area (Å²) in [6.45, 7) is 3.86. The molecular weight excluding hydrogens is 186 g/mol. The van der Waals surface area contributed by atoms with Crippen molar-refractivity contribution in [1.29, 1.82) is 0 Å². The number of nitrogens with one attached hydrogen (secondary N) is 1. The van der Waals surface area contributed by atoms with Crippen molar-refractivity contribution in [2.24, 2.45) is 0 Å². The Morgan fingerprint density at radius 2 is 1.67 bits per heavy atom. The minimum absolute atomic E-state index is 0.0655. The Hall–Kier alpha value is -2.09. The van der Waals surface area contributed by atoms with E-state index in [1.54, 1.807) is 0 Å². The second kappa shape index (κ2) is 2.70. The van der Waals surface area contributed by atoms with E-state index >= 15 is 0 Å². The molecule has 0 unspecified atom stereocenters. The molecule has 1 aromatic heterocycles. The Morgan fingerprint density at radius 3 is 2.40 bits per heavy atom. The molecule has 1 heterocycles. The van der Waals surface area contributed by atoms with Gasteiger partial charge in [0.25, 0.3) is 5.56 Å². The summed E-state index contributed by atoms with van der Waals surface area (Å²) in [6, 6.07) is 11.7. The van der Waals surface area contributed by atoms with Crippen LogP contribution in [-0.2, 0) is 0 Å². The molecule has 0 bridgehead atoms. The highest BCUT2D eigenvalue weighted by molar-refractivity contribution is 6.09. The standard InChI is InChI=1S/C13H9NO/c1-8-10-6-2-4-9-5-3-7-11(12(9)10)13(15)14-8/h2-7H,1H2,(H,14,15). The Balaban J connectivity index is 2.86. The molecule has 2 nitrogen and oxygen atoms in total. The highest BCUT2D eigenvalue weighted by atomic mass is 16.1. The minimum Gasteiger partial charge on any atom is -0.322 e. The van der Waals surface area contributed by atoms with Crippen LogP contribution in [0.2, 0.25) is 0 Å². The summed E-state index contributed by atoms with van der Waals surface area (Å²) < 4.78 is 0. The third kappa shape index (κ3) is 1.02. The van der Waals surface area contributed by atoms with Crippen molar-refractivity contribution in [1.82, 2.24) is 4.98 Å². The van der Waals surface area contributed by atoms with Crippen molar-refractivity contribution < 1.29 is 0 Å². The number of aromatic amines is 1. The molecule has 3 rings (SSSR count). The summed E-state index contributed by atoms with van der Waals surface area (Å²) in [5.74, 6) is 0. The van der Waals surface area contributed by atoms with Gasteiger partial charge in [-0.3, -0.25) is 4.79 Å². The number of benzene rings is 2. The second-order valence-electron chi connectivity index (χ2n) is 3.64. The highest BCUT2D eigenvalue weighted by Crippen LogP contribution is 2.20. The molecule has 0 atom stereocenters. The summed E-state index contributed by atoms with van der Waals surface area (Å²) in [5, 5.41) is 4.53. The van der Waals surface area contributed by atoms with E-state index in [2.05, 4.69) is 11.6 Å². The van der Waals surface area contributed by atoms with Crippen molar-refractivity contribution in [3.63, 3.8) is 0 Å². The van der Waals surface area contributed by atoms with Gasteiger partial charge < -0.3 is 4.98 Å². The van der Waals surface area contributed by atoms with Gasteiger partial charge in [0, 0.05) is 21.5 Å². The lowest BCUT2D eigenvalue weighted by molar-refractivity contribution is 1.24. The number of rotatable bonds is 0. The van der Waals surface area contributed by atoms with Crippen LogP contribution in [0.15, 0.2) is 41.2 Å². The Kier molecular flexibility index (Phi) is 1.48. The molecule has 0 fully saturated rings. The lowest BCUT2D eigenvalue weighted by Gasteiger charge is -2.04. The number of pyridine rings is 1. The van der Waals surface area contributed by atoms with E-state index in [4.69, 9.17) is 0 Å². The number of hydrogen-bond donors (Lipinski definition) is 1. The molecule has 1 N–H and O–H groups in total. The molecular formula is C13H9NO. The topological polar surface area (TPSA) is 32.9 Å². The third-order valence-electron chi connectivity index (χ3n) is 2.74. The predicted molar refractivity (Wildman–Crippen MR) is 62.8 cm³/mol. The lowest BCUT2D eigenvalue weighted by atomic mass is 10.0. The first-order chi connectivity index (χ1) is 7.27. The summed E-state index contributed by atoms with van der Waals surface area (Å²) >= 11 is 0. The van der Waals surface area contributed by atoms with Crippen molar-refractivity contribution in [3.8, 4) is 0 Å². The molecule has 0 saturated heterocycles. The SMILES string of the molecule is C=c1[nH]c(=O)c2cccc3cccc1c32. The predicted octanol–water partition coefficient (Wildman–Crippen LogP) is 1.81. The Morgan fingerprint density at radius 1 is 1.00 bits per heavy atom. The molecule has 15 heavy (non-hydrogen) atoms. The molecule has 2 heteroatoms. The summed E-state index contributed by atoms with van der Waals surface area (Å²) in [5.41, 5.74) is -0.0655. The van der Waals surface area contributed by atoms with Crippen LogP contribution in [0.3, 0.4) is 0 Å². The van der Waals surface area contributed by atoms with E-state index < -0.39 is 0 Å². The van der Waals surface area contributed by atoms with Gasteiger partial charge >= 0.3 is 0 Å². The molecule has 3 aromatic rings. The van der Waals surface area contributed by atoms with Crippen molar-refractivity contribution in [3.05, 3.63) is 52.1 Å². The van der Waals surface area contributed by atoms with E-state index in [9.17, 15) is 4.79 Å². The van der Waals surface area contributed by atoms with Crippen LogP contribution in [0.25, 0.3) is 28.1 Å². The van der Waals surface area contributed by atoms with Crippen molar-refractivity contribution in [2.45, 2.75) is 0 Å². The molecule has 0 aliphatic heterocycles. The molecule has 0 saturated carbocycles. The first kappa shape index (κ1) is 8.24. The quantitative estimate of drug-likeness (QED) is 0.583. The Bertz CT molecular complexity index is 695. The van der Waals surface area contributed by atoms with Gasteiger partial charge in [-0.05, 0) is 11.5 Å². The maximum absolute atomic E-state index is 11.7. The molecule has 72 valence electrons. The van der Waals surface area contributed by atoms with Crippen molar-refractivity contribution >= 4 is 28.1 Å². The number of hydrogen-bond acceptors (Lipinski definition) is 1. The van der Waals surface area contributed by atoms with Crippen LogP contribution in [0.1, 0.15) is 0 Å². The normalized spacial score (nSPS) is 11.2. The zero-order valence-electron chi connectivity index (χ0n) is 8.08. The average Bonchev–Trinajstić information content (AvgIpc) is 2.25. The molecule has 0 amide bonds. The minimum atomic E-state index is -0.0655. The fourth-order valence-electron chi connectivity index (χ4n) is 2.05. The zero-order chi connectivity index (χ0) is 10.4. The van der Waals surface area contributed by atoms with Crippen LogP contribution in [0.5, 0.6) is 0 Å². The van der Waals surface area contributed by atoms with Gasteiger partial charge in [-0.2, -0.15) is 0 Å². The van der Waals surface area contributed by atoms with Crippen LogP contribution in [0, 0.1) is 0 Å². The lowest BCUT2D eigenvalue weighted by Crippen LogP contribution is -2.19. The van der Waals surface area contributed by atoms with E-state index in [0.29, 0.717) is 5.35 Å². The zero-order valence-corrected chi connectivity index (χ0v) is 8.08. The van der Waals surface area contributed by atoms with Crippen LogP contribution < -0.4 is 10.9 Å². The smallest absolute Gasteiger partial charge is 0.256 e. The maximum atomic E-state index is 11.7. The highest BCUT2D eigenvalue weighted by Gasteiger charge is 2.04. The maximum Gasteiger partial charge on any atom is 0.256 e. The van der Waals surface area contributed by atoms with Crippen LogP contribution in [0.4, 0.5) is 0 Å². The van der Waals surface area contributed by atoms with Gasteiger partial charge in [-0.1, -0.05) is 36.9 Å². The van der Waals surface area contributed by atoms with Gasteiger partial charge in [-0.15, -0.1) is 0 Å². The van der Waals surface area contributed by atoms with Gasteiger partial charge in [-0.25, -0.2) is 0 Å². The molecule has 2 aromatic carbocycles. The monoisotopic (exact) mass is 195 g/mol. The summed E-state index contributed by atoms with van der Waals surface area (Å²) in [7, 11) is 0. The van der Waals surface area contributed by atoms with E-state index in [1.807, 2.05) is 36.4 Å². The second-order valence-corrected chi connectivity index (χ2v) is 3.64. The number of aromatic nitrogens is 1. The summed E-state index contributed by atoms with van der Waals surface area (Å²) in [6.07, 6.45) is 0. The fourth-order valence-corrected chi connectivity index (χ4v) is 2.05. The van der Waals surface area contributed by atoms with Gasteiger partial charge in [0.1, 0.15) is 0 Å². The first-order valence-electron chi connectivity index (χ1n) is 4.80. The van der Waals surface area contributed by atoms with Gasteiger partial charge in [0.2, 0.25) is 0 Å². The molecule has 0 radical (unpaired) electrons. The molecule has 0 aliphatic carbocycles. The molecule has 0 spiro atoms. The third-order valence-corrected chi connectivity index (χ3v) is 2.74. The van der Waals surface area contributed by atoms with Gasteiger partial charge in [0.15, 0.2) is 0 Å². The van der Waals surface area contributed by atoms with Crippen LogP contribution >= 0.6 is 0 Å². The largest absolute Gasteiger partial charge is 0.322 e. The molecule has 0 aliphatic rings. The van der Waals surface area contributed by atoms with Gasteiger partial charge in [0.05, 0.1) is 0 Å². The van der Waals surface area contributed by atoms with Crippen molar-refractivity contribution in [2.75, 3.05) is 0 Å². The van der Waals surface area contributed by atoms with E-state index in [1.165, 1.54) is 0 Å². The summed E-state index contributed by atoms with van der Waals surface area (Å²) in [4.78, 5) is 14.5. The number of H-pyrrole nitrogens is 1. The first-order valence-corrected chi connectivity index (χ1v) is 4.80. The van der Waals surface area contributed by atoms with E-state index in [-0.39, 0.29) is 5.56 Å². The Labute approximate surface area is 85.8 Å². The fraction of sp³-hybridized carbons (Fsp3) is 0. The van der Waals surface area contributed by atoms with Crippen LogP contribution in [-0.4, -0.2) is 4.98 Å². The van der Waals surface area contributed by atoms with E-state index in [0.717, 1.165) is 21.5 Å². The average molecular weight is 195 g/mol.